The highest BCUT2D eigenvalue weighted by molar-refractivity contribution is 8.01. The first kappa shape index (κ1) is 15.6. The van der Waals surface area contributed by atoms with E-state index in [4.69, 9.17) is 0 Å². The van der Waals surface area contributed by atoms with Crippen LogP contribution in [0.4, 0.5) is 15.8 Å². The van der Waals surface area contributed by atoms with Gasteiger partial charge in [-0.05, 0) is 30.3 Å². The van der Waals surface area contributed by atoms with Crippen molar-refractivity contribution in [1.82, 2.24) is 0 Å². The van der Waals surface area contributed by atoms with Crippen molar-refractivity contribution < 1.29 is 14.0 Å². The third kappa shape index (κ3) is 3.37. The van der Waals surface area contributed by atoms with Crippen LogP contribution in [0.5, 0.6) is 0 Å². The van der Waals surface area contributed by atoms with Crippen LogP contribution in [0.1, 0.15) is 6.92 Å². The summed E-state index contributed by atoms with van der Waals surface area (Å²) in [5.41, 5.74) is 1.14. The van der Waals surface area contributed by atoms with Crippen LogP contribution in [-0.2, 0) is 9.59 Å². The monoisotopic (exact) mass is 330 g/mol. The summed E-state index contributed by atoms with van der Waals surface area (Å²) in [5, 5.41) is 4.94. The minimum atomic E-state index is -0.559. The van der Waals surface area contributed by atoms with Gasteiger partial charge >= 0.3 is 0 Å². The Hall–Kier alpha value is -2.34. The van der Waals surface area contributed by atoms with Gasteiger partial charge < -0.3 is 10.6 Å². The fourth-order valence-corrected chi connectivity index (χ4v) is 3.53. The van der Waals surface area contributed by atoms with Crippen molar-refractivity contribution >= 4 is 35.0 Å². The van der Waals surface area contributed by atoms with E-state index in [1.165, 1.54) is 30.0 Å². The Bertz CT molecular complexity index is 766. The zero-order valence-electron chi connectivity index (χ0n) is 12.4. The first-order valence-corrected chi connectivity index (χ1v) is 8.05. The zero-order chi connectivity index (χ0) is 16.4. The Morgan fingerprint density at radius 1 is 1.26 bits per heavy atom. The maximum absolute atomic E-state index is 13.2. The SMILES string of the molecule is C[C@@H](C(=O)Nc1cccc(F)c1)[C@@H]1Sc2ccccc2NC1=O. The number of benzene rings is 2. The van der Waals surface area contributed by atoms with Gasteiger partial charge in [-0.25, -0.2) is 4.39 Å². The largest absolute Gasteiger partial charge is 0.326 e. The van der Waals surface area contributed by atoms with Crippen LogP contribution in [0.3, 0.4) is 0 Å². The van der Waals surface area contributed by atoms with Crippen LogP contribution in [0, 0.1) is 11.7 Å². The van der Waals surface area contributed by atoms with Gasteiger partial charge in [0.05, 0.1) is 16.9 Å². The van der Waals surface area contributed by atoms with Crippen LogP contribution >= 0.6 is 11.8 Å². The van der Waals surface area contributed by atoms with Gasteiger partial charge in [-0.2, -0.15) is 0 Å². The molecule has 6 heteroatoms. The average Bonchev–Trinajstić information content (AvgIpc) is 2.53. The molecule has 2 N–H and O–H groups in total. The first-order chi connectivity index (χ1) is 11.0. The van der Waals surface area contributed by atoms with Crippen molar-refractivity contribution in [3.8, 4) is 0 Å². The van der Waals surface area contributed by atoms with E-state index in [1.807, 2.05) is 24.3 Å². The quantitative estimate of drug-likeness (QED) is 0.905. The summed E-state index contributed by atoms with van der Waals surface area (Å²) in [6.45, 7) is 1.69. The van der Waals surface area contributed by atoms with Gasteiger partial charge in [-0.15, -0.1) is 11.8 Å². The van der Waals surface area contributed by atoms with Crippen molar-refractivity contribution in [2.75, 3.05) is 10.6 Å². The topological polar surface area (TPSA) is 58.2 Å². The number of anilines is 2. The number of rotatable bonds is 3. The van der Waals surface area contributed by atoms with Crippen LogP contribution < -0.4 is 10.6 Å². The van der Waals surface area contributed by atoms with E-state index in [-0.39, 0.29) is 11.8 Å². The van der Waals surface area contributed by atoms with Crippen molar-refractivity contribution in [2.24, 2.45) is 5.92 Å². The molecular weight excluding hydrogens is 315 g/mol. The van der Waals surface area contributed by atoms with Crippen molar-refractivity contribution in [3.05, 3.63) is 54.3 Å². The first-order valence-electron chi connectivity index (χ1n) is 7.17. The summed E-state index contributed by atoms with van der Waals surface area (Å²) in [5.74, 6) is -1.50. The number of nitrogens with one attached hydrogen (secondary N) is 2. The highest BCUT2D eigenvalue weighted by Crippen LogP contribution is 2.38. The summed E-state index contributed by atoms with van der Waals surface area (Å²) in [6.07, 6.45) is 0. The third-order valence-electron chi connectivity index (χ3n) is 3.62. The fraction of sp³-hybridized carbons (Fsp3) is 0.176. The smallest absolute Gasteiger partial charge is 0.238 e. The molecule has 0 aliphatic carbocycles. The van der Waals surface area contributed by atoms with E-state index in [0.717, 1.165) is 10.6 Å². The van der Waals surface area contributed by atoms with Crippen molar-refractivity contribution in [1.29, 1.82) is 0 Å². The third-order valence-corrected chi connectivity index (χ3v) is 5.10. The molecule has 0 fully saturated rings. The zero-order valence-corrected chi connectivity index (χ0v) is 13.2. The summed E-state index contributed by atoms with van der Waals surface area (Å²) >= 11 is 1.37. The Kier molecular flexibility index (Phi) is 4.34. The van der Waals surface area contributed by atoms with Crippen LogP contribution in [-0.4, -0.2) is 17.1 Å². The highest BCUT2D eigenvalue weighted by atomic mass is 32.2. The Morgan fingerprint density at radius 3 is 2.83 bits per heavy atom. The molecule has 0 saturated carbocycles. The molecule has 4 nitrogen and oxygen atoms in total. The van der Waals surface area contributed by atoms with E-state index in [2.05, 4.69) is 10.6 Å². The molecule has 1 aliphatic rings. The molecule has 2 atom stereocenters. The molecule has 2 aromatic carbocycles. The van der Waals surface area contributed by atoms with E-state index < -0.39 is 17.0 Å². The van der Waals surface area contributed by atoms with Gasteiger partial charge in [0.15, 0.2) is 0 Å². The molecule has 0 unspecified atom stereocenters. The number of carbonyl (C=O) groups excluding carboxylic acids is 2. The normalized spacial score (nSPS) is 17.8. The van der Waals surface area contributed by atoms with E-state index in [0.29, 0.717) is 5.69 Å². The lowest BCUT2D eigenvalue weighted by Crippen LogP contribution is -2.39. The number of para-hydroxylation sites is 1. The summed E-state index contributed by atoms with van der Waals surface area (Å²) < 4.78 is 13.2. The Labute approximate surface area is 137 Å². The number of fused-ring (bicyclic) bond motifs is 1. The van der Waals surface area contributed by atoms with E-state index >= 15 is 0 Å². The minimum Gasteiger partial charge on any atom is -0.326 e. The number of thioether (sulfide) groups is 1. The molecule has 1 aliphatic heterocycles. The number of halogens is 1. The lowest BCUT2D eigenvalue weighted by molar-refractivity contribution is -0.123. The summed E-state index contributed by atoms with van der Waals surface area (Å²) in [6, 6.07) is 13.1. The molecule has 1 heterocycles. The molecule has 0 aromatic heterocycles. The fourth-order valence-electron chi connectivity index (χ4n) is 2.36. The minimum absolute atomic E-state index is 0.199. The van der Waals surface area contributed by atoms with E-state index in [1.54, 1.807) is 13.0 Å². The Balaban J connectivity index is 1.74. The average molecular weight is 330 g/mol. The van der Waals surface area contributed by atoms with Gasteiger partial charge in [0.2, 0.25) is 11.8 Å². The van der Waals surface area contributed by atoms with Crippen LogP contribution in [0.15, 0.2) is 53.4 Å². The molecule has 2 aromatic rings. The predicted octanol–water partition coefficient (Wildman–Crippen LogP) is 3.51. The Morgan fingerprint density at radius 2 is 2.04 bits per heavy atom. The van der Waals surface area contributed by atoms with Crippen molar-refractivity contribution in [2.45, 2.75) is 17.1 Å². The maximum Gasteiger partial charge on any atom is 0.238 e. The molecule has 0 spiro atoms. The summed E-state index contributed by atoms with van der Waals surface area (Å²) in [4.78, 5) is 25.5. The van der Waals surface area contributed by atoms with Gasteiger partial charge in [0, 0.05) is 10.6 Å². The number of hydrogen-bond acceptors (Lipinski definition) is 3. The number of hydrogen-bond donors (Lipinski definition) is 2. The second kappa shape index (κ2) is 6.42. The lowest BCUT2D eigenvalue weighted by Gasteiger charge is -2.27. The van der Waals surface area contributed by atoms with Gasteiger partial charge in [-0.1, -0.05) is 25.1 Å². The van der Waals surface area contributed by atoms with Gasteiger partial charge in [0.25, 0.3) is 0 Å². The molecule has 0 saturated heterocycles. The lowest BCUT2D eigenvalue weighted by atomic mass is 10.1. The van der Waals surface area contributed by atoms with Crippen molar-refractivity contribution in [3.63, 3.8) is 0 Å². The molecule has 0 radical (unpaired) electrons. The van der Waals surface area contributed by atoms with Gasteiger partial charge in [0.1, 0.15) is 5.82 Å². The standard InChI is InChI=1S/C17H15FN2O2S/c1-10(16(21)19-12-6-4-5-11(18)9-12)15-17(22)20-13-7-2-3-8-14(13)23-15/h2-10,15H,1H3,(H,19,21)(H,20,22)/t10-,15+/m1/s1. The molecule has 2 amide bonds. The number of carbonyl (C=O) groups is 2. The molecule has 23 heavy (non-hydrogen) atoms. The van der Waals surface area contributed by atoms with E-state index in [9.17, 15) is 14.0 Å². The summed E-state index contributed by atoms with van der Waals surface area (Å²) in [7, 11) is 0. The molecular formula is C17H15FN2O2S. The molecule has 118 valence electrons. The predicted molar refractivity (Wildman–Crippen MR) is 88.9 cm³/mol. The molecule has 0 bridgehead atoms. The second-order valence-corrected chi connectivity index (χ2v) is 6.50. The number of amides is 2. The van der Waals surface area contributed by atoms with Gasteiger partial charge in [-0.3, -0.25) is 9.59 Å². The molecule has 3 rings (SSSR count). The second-order valence-electron chi connectivity index (χ2n) is 5.31. The van der Waals surface area contributed by atoms with Crippen LogP contribution in [0.2, 0.25) is 0 Å². The van der Waals surface area contributed by atoms with Crippen LogP contribution in [0.25, 0.3) is 0 Å². The highest BCUT2D eigenvalue weighted by Gasteiger charge is 2.35. The maximum atomic E-state index is 13.2.